The van der Waals surface area contributed by atoms with Gasteiger partial charge < -0.3 is 4.80 Å². The van der Waals surface area contributed by atoms with Gasteiger partial charge >= 0.3 is 38.8 Å². The van der Waals surface area contributed by atoms with E-state index in [4.69, 9.17) is 0 Å². The Morgan fingerprint density at radius 1 is 1.25 bits per heavy atom. The third-order valence-corrected chi connectivity index (χ3v) is 2.61. The van der Waals surface area contributed by atoms with E-state index < -0.39 is 13.8 Å². The normalized spacial score (nSPS) is 11.4. The van der Waals surface area contributed by atoms with Crippen molar-refractivity contribution in [3.63, 3.8) is 0 Å². The van der Waals surface area contributed by atoms with E-state index in [0.29, 0.717) is 5.19 Å². The first kappa shape index (κ1) is 11.8. The molecule has 0 aliphatic carbocycles. The second-order valence-electron chi connectivity index (χ2n) is 2.05. The Kier molecular flexibility index (Phi) is 5.35. The predicted molar refractivity (Wildman–Crippen MR) is 40.2 cm³/mol. The zero-order valence-electron chi connectivity index (χ0n) is 6.64. The van der Waals surface area contributed by atoms with Crippen molar-refractivity contribution in [3.8, 4) is 0 Å². The first-order chi connectivity index (χ1) is 5.22. The van der Waals surface area contributed by atoms with Gasteiger partial charge in [0, 0.05) is 0 Å². The molecule has 0 aliphatic heterocycles. The third kappa shape index (κ3) is 3.04. The minimum Gasteiger partial charge on any atom is -0.800 e. The van der Waals surface area contributed by atoms with Gasteiger partial charge in [-0.1, -0.05) is 34.9 Å². The summed E-state index contributed by atoms with van der Waals surface area (Å²) in [4.78, 5) is 20.9. The van der Waals surface area contributed by atoms with Crippen LogP contribution < -0.4 is 39.5 Å². The molecule has 0 bridgehead atoms. The van der Waals surface area contributed by atoms with Gasteiger partial charge in [0.25, 0.3) is 0 Å². The number of benzene rings is 1. The summed E-state index contributed by atoms with van der Waals surface area (Å²) in [6.45, 7) is 0. The number of hydrogen-bond acceptors (Lipinski definition) is 3. The first-order valence-corrected chi connectivity index (χ1v) is 4.62. The van der Waals surface area contributed by atoms with Crippen LogP contribution in [0.2, 0.25) is 0 Å². The van der Waals surface area contributed by atoms with E-state index in [0.717, 1.165) is 0 Å². The maximum absolute atomic E-state index is 10.9. The summed E-state index contributed by atoms with van der Waals surface area (Å²) < 4.78 is -0.713. The van der Waals surface area contributed by atoms with Gasteiger partial charge in [-0.15, -0.1) is 0 Å². The molecular weight excluding hydrogens is 185 g/mol. The van der Waals surface area contributed by atoms with Gasteiger partial charge in [0.2, 0.25) is 0 Å². The first-order valence-electron chi connectivity index (χ1n) is 3.06. The number of hydrogen-bond donors (Lipinski definition) is 0. The average Bonchev–Trinajstić information content (AvgIpc) is 2.05. The van der Waals surface area contributed by atoms with Crippen molar-refractivity contribution < 1.29 is 38.9 Å². The third-order valence-electron chi connectivity index (χ3n) is 1.28. The summed E-state index contributed by atoms with van der Waals surface area (Å²) in [5.74, 6) is 0. The van der Waals surface area contributed by atoms with E-state index in [1.807, 2.05) is 0 Å². The molecule has 0 saturated heterocycles. The fourth-order valence-corrected chi connectivity index (χ4v) is 1.53. The SMILES string of the molecule is O=[N+]([O-])[SiH]([O-])c1ccccc1.[Na+]. The van der Waals surface area contributed by atoms with Crippen LogP contribution in [-0.2, 0) is 0 Å². The minimum absolute atomic E-state index is 0. The number of nitro groups is 1. The largest absolute Gasteiger partial charge is 1.00 e. The molecule has 58 valence electrons. The molecule has 0 spiro atoms. The molecule has 0 N–H and O–H groups in total. The average molecular weight is 191 g/mol. The molecule has 12 heavy (non-hydrogen) atoms. The fourth-order valence-electron chi connectivity index (χ4n) is 0.739. The van der Waals surface area contributed by atoms with Gasteiger partial charge in [-0.2, -0.15) is 0 Å². The maximum atomic E-state index is 10.9. The van der Waals surface area contributed by atoms with E-state index in [2.05, 4.69) is 0 Å². The van der Waals surface area contributed by atoms with Crippen molar-refractivity contribution >= 4 is 14.4 Å². The zero-order chi connectivity index (χ0) is 8.27. The predicted octanol–water partition coefficient (Wildman–Crippen LogP) is -4.24. The van der Waals surface area contributed by atoms with Crippen molar-refractivity contribution in [2.45, 2.75) is 0 Å². The summed E-state index contributed by atoms with van der Waals surface area (Å²) in [5.41, 5.74) is 0. The van der Waals surface area contributed by atoms with Crippen LogP contribution in [0, 0.1) is 10.1 Å². The van der Waals surface area contributed by atoms with Crippen LogP contribution in [0.3, 0.4) is 0 Å². The van der Waals surface area contributed by atoms with Gasteiger partial charge in [0.1, 0.15) is 0 Å². The Hall–Kier alpha value is -0.203. The molecule has 0 radical (unpaired) electrons. The van der Waals surface area contributed by atoms with Crippen molar-refractivity contribution in [1.29, 1.82) is 0 Å². The van der Waals surface area contributed by atoms with Crippen LogP contribution in [0.25, 0.3) is 0 Å². The van der Waals surface area contributed by atoms with Gasteiger partial charge in [-0.3, -0.25) is 10.1 Å². The van der Waals surface area contributed by atoms with Gasteiger partial charge in [0.15, 0.2) is 0 Å². The summed E-state index contributed by atoms with van der Waals surface area (Å²) in [6.07, 6.45) is 0. The van der Waals surface area contributed by atoms with E-state index in [1.165, 1.54) is 12.1 Å². The van der Waals surface area contributed by atoms with Crippen LogP contribution in [0.15, 0.2) is 30.3 Å². The van der Waals surface area contributed by atoms with Crippen molar-refractivity contribution in [2.75, 3.05) is 0 Å². The Morgan fingerprint density at radius 2 is 1.75 bits per heavy atom. The molecule has 0 fully saturated rings. The summed E-state index contributed by atoms with van der Waals surface area (Å²) in [7, 11) is -3.16. The minimum atomic E-state index is -3.16. The number of rotatable bonds is 2. The molecule has 1 aromatic rings. The Bertz CT molecular complexity index is 256. The van der Waals surface area contributed by atoms with Crippen LogP contribution in [0.1, 0.15) is 0 Å². The van der Waals surface area contributed by atoms with Crippen molar-refractivity contribution in [2.24, 2.45) is 0 Å². The molecule has 1 unspecified atom stereocenters. The van der Waals surface area contributed by atoms with Gasteiger partial charge in [-0.25, -0.2) is 0 Å². The smallest absolute Gasteiger partial charge is 0.800 e. The molecule has 0 saturated carbocycles. The molecule has 0 heterocycles. The Labute approximate surface area is 93.5 Å². The quantitative estimate of drug-likeness (QED) is 0.270. The molecule has 0 amide bonds. The summed E-state index contributed by atoms with van der Waals surface area (Å²) in [5, 5.41) is 10.4. The van der Waals surface area contributed by atoms with E-state index in [-0.39, 0.29) is 29.6 Å². The molecule has 0 aromatic heterocycles. The van der Waals surface area contributed by atoms with Gasteiger partial charge in [-0.05, 0) is 5.19 Å². The standard InChI is InChI=1S/C6H6NO3Si.Na/c8-7(9)11(10)6-4-2-1-3-5-6;/h1-5,11H;/q-1;+1. The zero-order valence-corrected chi connectivity index (χ0v) is 9.79. The molecule has 1 atom stereocenters. The summed E-state index contributed by atoms with van der Waals surface area (Å²) in [6, 6.07) is 8.01. The second-order valence-corrected chi connectivity index (χ2v) is 3.84. The Balaban J connectivity index is 0.00000121. The molecular formula is C6H6NNaO3Si. The molecule has 1 aromatic carbocycles. The topological polar surface area (TPSA) is 66.2 Å². The van der Waals surface area contributed by atoms with Crippen molar-refractivity contribution in [1.82, 2.24) is 0 Å². The van der Waals surface area contributed by atoms with Gasteiger partial charge in [0.05, 0.1) is 0 Å². The van der Waals surface area contributed by atoms with E-state index in [1.54, 1.807) is 18.2 Å². The van der Waals surface area contributed by atoms with Crippen LogP contribution in [-0.4, -0.2) is 13.8 Å². The van der Waals surface area contributed by atoms with Crippen molar-refractivity contribution in [3.05, 3.63) is 40.4 Å². The van der Waals surface area contributed by atoms with E-state index >= 15 is 0 Å². The Morgan fingerprint density at radius 3 is 2.17 bits per heavy atom. The fraction of sp³-hybridized carbons (Fsp3) is 0. The van der Waals surface area contributed by atoms with Crippen LogP contribution in [0.5, 0.6) is 0 Å². The van der Waals surface area contributed by atoms with E-state index in [9.17, 15) is 14.9 Å². The summed E-state index contributed by atoms with van der Waals surface area (Å²) >= 11 is 0. The second kappa shape index (κ2) is 5.44. The molecule has 1 rings (SSSR count). The molecule has 0 aliphatic rings. The van der Waals surface area contributed by atoms with Crippen LogP contribution in [0.4, 0.5) is 0 Å². The molecule has 4 nitrogen and oxygen atoms in total. The van der Waals surface area contributed by atoms with Crippen LogP contribution >= 0.6 is 0 Å². The monoisotopic (exact) mass is 191 g/mol. The molecule has 6 heteroatoms. The number of nitrogens with zero attached hydrogens (tertiary/aromatic N) is 1. The maximum Gasteiger partial charge on any atom is 1.00 e.